The lowest BCUT2D eigenvalue weighted by Gasteiger charge is -2.12. The van der Waals surface area contributed by atoms with E-state index in [4.69, 9.17) is 22.7 Å². The lowest BCUT2D eigenvalue weighted by atomic mass is 10.0. The number of rotatable bonds is 5. The average molecular weight is 285 g/mol. The van der Waals surface area contributed by atoms with Crippen molar-refractivity contribution in [2.75, 3.05) is 6.61 Å². The van der Waals surface area contributed by atoms with Crippen molar-refractivity contribution in [2.45, 2.75) is 20.3 Å². The van der Waals surface area contributed by atoms with E-state index in [1.165, 1.54) is 5.56 Å². The van der Waals surface area contributed by atoms with E-state index in [2.05, 4.69) is 12.1 Å². The second kappa shape index (κ2) is 6.53. The molecule has 0 spiro atoms. The molecule has 0 bridgehead atoms. The van der Waals surface area contributed by atoms with E-state index in [-0.39, 0.29) is 0 Å². The minimum absolute atomic E-state index is 0.441. The van der Waals surface area contributed by atoms with Gasteiger partial charge in [-0.15, -0.1) is 0 Å². The number of ether oxygens (including phenoxy) is 1. The molecule has 20 heavy (non-hydrogen) atoms. The molecular formula is C17H19NOS. The van der Waals surface area contributed by atoms with Gasteiger partial charge in [-0.1, -0.05) is 42.5 Å². The highest BCUT2D eigenvalue weighted by Crippen LogP contribution is 2.22. The molecule has 2 nitrogen and oxygen atoms in total. The predicted molar refractivity (Wildman–Crippen MR) is 87.4 cm³/mol. The molecule has 0 fully saturated rings. The second-order valence-electron chi connectivity index (χ2n) is 4.88. The zero-order chi connectivity index (χ0) is 14.5. The van der Waals surface area contributed by atoms with Gasteiger partial charge in [0.1, 0.15) is 10.7 Å². The monoisotopic (exact) mass is 285 g/mol. The summed E-state index contributed by atoms with van der Waals surface area (Å²) in [4.78, 5) is 0.441. The zero-order valence-electron chi connectivity index (χ0n) is 11.8. The predicted octanol–water partition coefficient (Wildman–Crippen LogP) is 3.56. The smallest absolute Gasteiger partial charge is 0.119 e. The Morgan fingerprint density at radius 3 is 2.25 bits per heavy atom. The Hall–Kier alpha value is -1.87. The Morgan fingerprint density at radius 2 is 1.70 bits per heavy atom. The molecule has 0 unspecified atom stereocenters. The maximum atomic E-state index is 5.82. The average Bonchev–Trinajstić information content (AvgIpc) is 2.38. The van der Waals surface area contributed by atoms with Crippen LogP contribution in [0, 0.1) is 13.8 Å². The molecule has 0 heterocycles. The van der Waals surface area contributed by atoms with Crippen LogP contribution in [0.3, 0.4) is 0 Å². The maximum Gasteiger partial charge on any atom is 0.119 e. The summed E-state index contributed by atoms with van der Waals surface area (Å²) < 4.78 is 5.82. The van der Waals surface area contributed by atoms with Crippen molar-refractivity contribution >= 4 is 17.2 Å². The Labute approximate surface area is 125 Å². The lowest BCUT2D eigenvalue weighted by molar-refractivity contribution is 0.321. The van der Waals surface area contributed by atoms with E-state index in [0.29, 0.717) is 11.6 Å². The van der Waals surface area contributed by atoms with E-state index >= 15 is 0 Å². The van der Waals surface area contributed by atoms with Crippen molar-refractivity contribution in [1.82, 2.24) is 0 Å². The Kier molecular flexibility index (Phi) is 4.74. The van der Waals surface area contributed by atoms with Crippen LogP contribution < -0.4 is 10.5 Å². The molecule has 3 heteroatoms. The maximum absolute atomic E-state index is 5.82. The van der Waals surface area contributed by atoms with Crippen LogP contribution in [-0.2, 0) is 6.42 Å². The van der Waals surface area contributed by atoms with Crippen LogP contribution in [-0.4, -0.2) is 11.6 Å². The minimum atomic E-state index is 0.441. The van der Waals surface area contributed by atoms with E-state index in [9.17, 15) is 0 Å². The molecule has 0 saturated carbocycles. The number of benzene rings is 2. The molecule has 2 rings (SSSR count). The number of hydrogen-bond acceptors (Lipinski definition) is 2. The van der Waals surface area contributed by atoms with Crippen molar-refractivity contribution in [1.29, 1.82) is 0 Å². The third-order valence-electron chi connectivity index (χ3n) is 3.25. The minimum Gasteiger partial charge on any atom is -0.493 e. The van der Waals surface area contributed by atoms with Crippen LogP contribution in [0.5, 0.6) is 5.75 Å². The summed E-state index contributed by atoms with van der Waals surface area (Å²) in [6.45, 7) is 4.67. The summed E-state index contributed by atoms with van der Waals surface area (Å²) in [6.07, 6.45) is 0.899. The molecule has 0 aliphatic rings. The molecule has 104 valence electrons. The fraction of sp³-hybridized carbons (Fsp3) is 0.235. The molecule has 2 aromatic rings. The fourth-order valence-electron chi connectivity index (χ4n) is 2.33. The van der Waals surface area contributed by atoms with Crippen LogP contribution in [0.1, 0.15) is 22.3 Å². The van der Waals surface area contributed by atoms with E-state index < -0.39 is 0 Å². The van der Waals surface area contributed by atoms with Crippen molar-refractivity contribution in [2.24, 2.45) is 5.73 Å². The van der Waals surface area contributed by atoms with Crippen molar-refractivity contribution in [3.05, 3.63) is 64.7 Å². The Balaban J connectivity index is 2.02. The number of hydrogen-bond donors (Lipinski definition) is 1. The third-order valence-corrected chi connectivity index (χ3v) is 3.46. The first kappa shape index (κ1) is 14.5. The molecule has 0 aromatic heterocycles. The SMILES string of the molecule is Cc1cc(OCCc2ccccc2)cc(C)c1C(N)=S. The van der Waals surface area contributed by atoms with Crippen LogP contribution >= 0.6 is 12.2 Å². The van der Waals surface area contributed by atoms with Gasteiger partial charge in [-0.3, -0.25) is 0 Å². The van der Waals surface area contributed by atoms with E-state index in [1.807, 2.05) is 44.2 Å². The van der Waals surface area contributed by atoms with Crippen LogP contribution in [0.25, 0.3) is 0 Å². The standard InChI is InChI=1S/C17H19NOS/c1-12-10-15(11-13(2)16(12)17(18)20)19-9-8-14-6-4-3-5-7-14/h3-7,10-11H,8-9H2,1-2H3,(H2,18,20). The first-order valence-electron chi connectivity index (χ1n) is 6.65. The van der Waals surface area contributed by atoms with E-state index in [0.717, 1.165) is 28.9 Å². The van der Waals surface area contributed by atoms with Crippen molar-refractivity contribution in [3.63, 3.8) is 0 Å². The van der Waals surface area contributed by atoms with Gasteiger partial charge >= 0.3 is 0 Å². The first-order valence-corrected chi connectivity index (χ1v) is 7.06. The first-order chi connectivity index (χ1) is 9.58. The molecule has 0 saturated heterocycles. The third kappa shape index (κ3) is 3.58. The largest absolute Gasteiger partial charge is 0.493 e. The molecule has 0 aliphatic carbocycles. The summed E-state index contributed by atoms with van der Waals surface area (Å²) in [5.41, 5.74) is 10.1. The molecular weight excluding hydrogens is 266 g/mol. The summed E-state index contributed by atoms with van der Waals surface area (Å²) >= 11 is 5.07. The molecule has 0 radical (unpaired) electrons. The van der Waals surface area contributed by atoms with Gasteiger partial charge in [0.05, 0.1) is 6.61 Å². The van der Waals surface area contributed by atoms with Gasteiger partial charge in [0.15, 0.2) is 0 Å². The van der Waals surface area contributed by atoms with Gasteiger partial charge in [-0.2, -0.15) is 0 Å². The molecule has 0 amide bonds. The molecule has 0 atom stereocenters. The number of nitrogens with two attached hydrogens (primary N) is 1. The van der Waals surface area contributed by atoms with Crippen LogP contribution in [0.2, 0.25) is 0 Å². The summed E-state index contributed by atoms with van der Waals surface area (Å²) in [5.74, 6) is 0.871. The van der Waals surface area contributed by atoms with Crippen molar-refractivity contribution in [3.8, 4) is 5.75 Å². The fourth-order valence-corrected chi connectivity index (χ4v) is 2.65. The number of thiocarbonyl (C=S) groups is 1. The lowest BCUT2D eigenvalue weighted by Crippen LogP contribution is -2.13. The number of aryl methyl sites for hydroxylation is 2. The Bertz CT molecular complexity index is 585. The van der Waals surface area contributed by atoms with E-state index in [1.54, 1.807) is 0 Å². The van der Waals surface area contributed by atoms with Gasteiger partial charge < -0.3 is 10.5 Å². The normalized spacial score (nSPS) is 10.3. The molecule has 2 N–H and O–H groups in total. The van der Waals surface area contributed by atoms with Crippen LogP contribution in [0.4, 0.5) is 0 Å². The summed E-state index contributed by atoms with van der Waals surface area (Å²) in [7, 11) is 0. The second-order valence-corrected chi connectivity index (χ2v) is 5.32. The summed E-state index contributed by atoms with van der Waals surface area (Å²) in [5, 5.41) is 0. The molecule has 0 aliphatic heterocycles. The van der Waals surface area contributed by atoms with Gasteiger partial charge in [0.25, 0.3) is 0 Å². The topological polar surface area (TPSA) is 35.2 Å². The van der Waals surface area contributed by atoms with Gasteiger partial charge in [0, 0.05) is 12.0 Å². The zero-order valence-corrected chi connectivity index (χ0v) is 12.7. The quantitative estimate of drug-likeness (QED) is 0.853. The highest BCUT2D eigenvalue weighted by molar-refractivity contribution is 7.80. The van der Waals surface area contributed by atoms with Gasteiger partial charge in [-0.25, -0.2) is 0 Å². The highest BCUT2D eigenvalue weighted by Gasteiger charge is 2.08. The van der Waals surface area contributed by atoms with Gasteiger partial charge in [0.2, 0.25) is 0 Å². The summed E-state index contributed by atoms with van der Waals surface area (Å²) in [6, 6.07) is 14.3. The van der Waals surface area contributed by atoms with Gasteiger partial charge in [-0.05, 0) is 42.7 Å². The highest BCUT2D eigenvalue weighted by atomic mass is 32.1. The van der Waals surface area contributed by atoms with Crippen LogP contribution in [0.15, 0.2) is 42.5 Å². The van der Waals surface area contributed by atoms with Crippen molar-refractivity contribution < 1.29 is 4.74 Å². The Morgan fingerprint density at radius 1 is 1.10 bits per heavy atom. The molecule has 2 aromatic carbocycles.